The van der Waals surface area contributed by atoms with Gasteiger partial charge in [0.05, 0.1) is 12.2 Å². The first-order chi connectivity index (χ1) is 13.3. The molecule has 1 aromatic heterocycles. The molecule has 2 rings (SSSR count). The van der Waals surface area contributed by atoms with Gasteiger partial charge in [-0.3, -0.25) is 14.4 Å². The van der Waals surface area contributed by atoms with E-state index in [1.54, 1.807) is 48.2 Å². The number of hydrogen-bond donors (Lipinski definition) is 1. The van der Waals surface area contributed by atoms with Crippen molar-refractivity contribution in [2.45, 2.75) is 19.4 Å². The molecule has 0 saturated heterocycles. The molecule has 1 amide bonds. The maximum atomic E-state index is 12.7. The fourth-order valence-corrected chi connectivity index (χ4v) is 2.59. The van der Waals surface area contributed by atoms with Crippen LogP contribution in [0.4, 0.5) is 5.82 Å². The second-order valence-corrected chi connectivity index (χ2v) is 6.64. The van der Waals surface area contributed by atoms with E-state index in [1.807, 2.05) is 14.1 Å². The van der Waals surface area contributed by atoms with Gasteiger partial charge in [-0.15, -0.1) is 0 Å². The number of amides is 1. The highest BCUT2D eigenvalue weighted by molar-refractivity contribution is 6.30. The minimum absolute atomic E-state index is 0.175. The predicted molar refractivity (Wildman–Crippen MR) is 106 cm³/mol. The molecule has 0 radical (unpaired) electrons. The molecule has 1 N–H and O–H groups in total. The lowest BCUT2D eigenvalue weighted by Crippen LogP contribution is -2.35. The Morgan fingerprint density at radius 3 is 2.36 bits per heavy atom. The van der Waals surface area contributed by atoms with Crippen LogP contribution >= 0.6 is 11.6 Å². The number of nitrogens with one attached hydrogen (secondary N) is 1. The van der Waals surface area contributed by atoms with Crippen molar-refractivity contribution in [2.75, 3.05) is 25.6 Å². The summed E-state index contributed by atoms with van der Waals surface area (Å²) in [6.07, 6.45) is 0.985. The fraction of sp³-hybridized carbons (Fsp3) is 0.300. The number of nitrogens with zero attached hydrogens (tertiary/aromatic N) is 2. The molecule has 0 aliphatic rings. The summed E-state index contributed by atoms with van der Waals surface area (Å²) in [5.74, 6) is -0.899. The topological polar surface area (TPSA) is 88.6 Å². The number of ketones is 1. The molecule has 2 aromatic rings. The van der Waals surface area contributed by atoms with E-state index in [0.29, 0.717) is 22.0 Å². The molecular weight excluding hydrogens is 382 g/mol. The molecule has 0 spiro atoms. The number of esters is 1. The number of ether oxygens (including phenoxy) is 1. The Bertz CT molecular complexity index is 836. The largest absolute Gasteiger partial charge is 0.466 e. The Morgan fingerprint density at radius 2 is 1.82 bits per heavy atom. The number of Topliss-reactive ketones (excluding diaryl/α,β-unsaturated/α-hetero) is 1. The maximum absolute atomic E-state index is 12.7. The lowest BCUT2D eigenvalue weighted by Gasteiger charge is -2.18. The second kappa shape index (κ2) is 9.85. The van der Waals surface area contributed by atoms with Crippen LogP contribution in [0.2, 0.25) is 5.02 Å². The first-order valence-corrected chi connectivity index (χ1v) is 9.07. The van der Waals surface area contributed by atoms with Gasteiger partial charge in [-0.05, 0) is 36.8 Å². The average molecular weight is 404 g/mol. The zero-order valence-electron chi connectivity index (χ0n) is 15.9. The van der Waals surface area contributed by atoms with Gasteiger partial charge in [0.15, 0.2) is 5.78 Å². The van der Waals surface area contributed by atoms with Crippen molar-refractivity contribution in [1.82, 2.24) is 10.3 Å². The van der Waals surface area contributed by atoms with Crippen molar-refractivity contribution in [3.05, 3.63) is 58.7 Å². The molecule has 0 fully saturated rings. The Hall–Kier alpha value is -2.93. The van der Waals surface area contributed by atoms with Crippen LogP contribution in [0.25, 0.3) is 0 Å². The van der Waals surface area contributed by atoms with Crippen LogP contribution in [0.15, 0.2) is 42.6 Å². The van der Waals surface area contributed by atoms with Crippen molar-refractivity contribution in [2.24, 2.45) is 0 Å². The van der Waals surface area contributed by atoms with Crippen molar-refractivity contribution in [1.29, 1.82) is 0 Å². The van der Waals surface area contributed by atoms with Gasteiger partial charge in [-0.25, -0.2) is 4.98 Å². The van der Waals surface area contributed by atoms with Crippen LogP contribution in [-0.4, -0.2) is 43.3 Å². The normalized spacial score (nSPS) is 11.4. The lowest BCUT2D eigenvalue weighted by atomic mass is 10.00. The van der Waals surface area contributed by atoms with Gasteiger partial charge < -0.3 is 15.0 Å². The molecule has 1 atom stereocenters. The quantitative estimate of drug-likeness (QED) is 0.538. The molecule has 1 aromatic carbocycles. The molecule has 0 aliphatic carbocycles. The van der Waals surface area contributed by atoms with Crippen LogP contribution in [0.1, 0.15) is 35.3 Å². The van der Waals surface area contributed by atoms with Gasteiger partial charge in [0, 0.05) is 25.3 Å². The zero-order valence-corrected chi connectivity index (χ0v) is 16.7. The fourth-order valence-electron chi connectivity index (χ4n) is 2.46. The molecule has 8 heteroatoms. The molecule has 7 nitrogen and oxygen atoms in total. The van der Waals surface area contributed by atoms with Crippen molar-refractivity contribution in [3.8, 4) is 0 Å². The summed E-state index contributed by atoms with van der Waals surface area (Å²) in [6.45, 7) is 1.83. The summed E-state index contributed by atoms with van der Waals surface area (Å²) in [4.78, 5) is 43.0. The van der Waals surface area contributed by atoms with Gasteiger partial charge in [0.2, 0.25) is 0 Å². The Kier molecular flexibility index (Phi) is 7.52. The molecule has 0 bridgehead atoms. The highest BCUT2D eigenvalue weighted by Crippen LogP contribution is 2.20. The van der Waals surface area contributed by atoms with Gasteiger partial charge in [0.1, 0.15) is 18.3 Å². The summed E-state index contributed by atoms with van der Waals surface area (Å²) in [5, 5.41) is 3.17. The summed E-state index contributed by atoms with van der Waals surface area (Å²) in [5.41, 5.74) is 0.818. The standard InChI is InChI=1S/C20H22ClN3O4/c1-4-28-18(26)11-16(25)19(13-5-8-15(21)9-6-13)23-20(27)14-7-10-17(22-12-14)24(2)3/h5-10,12,19H,4,11H2,1-3H3,(H,23,27). The number of carbonyl (C=O) groups excluding carboxylic acids is 3. The van der Waals surface area contributed by atoms with Crippen LogP contribution in [0.3, 0.4) is 0 Å². The molecule has 0 saturated carbocycles. The van der Waals surface area contributed by atoms with E-state index in [-0.39, 0.29) is 6.61 Å². The SMILES string of the molecule is CCOC(=O)CC(=O)C(NC(=O)c1ccc(N(C)C)nc1)c1ccc(Cl)cc1. The maximum Gasteiger partial charge on any atom is 0.313 e. The average Bonchev–Trinajstić information content (AvgIpc) is 2.67. The third kappa shape index (κ3) is 5.79. The number of pyridine rings is 1. The first-order valence-electron chi connectivity index (χ1n) is 8.69. The predicted octanol–water partition coefficient (Wildman–Crippen LogP) is 2.79. The molecule has 28 heavy (non-hydrogen) atoms. The van der Waals surface area contributed by atoms with E-state index >= 15 is 0 Å². The monoisotopic (exact) mass is 403 g/mol. The number of aromatic nitrogens is 1. The molecule has 1 unspecified atom stereocenters. The van der Waals surface area contributed by atoms with Crippen molar-refractivity contribution >= 4 is 35.1 Å². The minimum atomic E-state index is -1.01. The Morgan fingerprint density at radius 1 is 1.14 bits per heavy atom. The van der Waals surface area contributed by atoms with Gasteiger partial charge in [0.25, 0.3) is 5.91 Å². The van der Waals surface area contributed by atoms with Gasteiger partial charge in [-0.2, -0.15) is 0 Å². The number of rotatable bonds is 8. The van der Waals surface area contributed by atoms with Crippen LogP contribution in [0, 0.1) is 0 Å². The Labute approximate surface area is 168 Å². The first kappa shape index (κ1) is 21.4. The molecule has 1 heterocycles. The molecular formula is C20H22ClN3O4. The number of hydrogen-bond acceptors (Lipinski definition) is 6. The lowest BCUT2D eigenvalue weighted by molar-refractivity contribution is -0.145. The third-order valence-corrected chi connectivity index (χ3v) is 4.14. The zero-order chi connectivity index (χ0) is 20.7. The van der Waals surface area contributed by atoms with E-state index in [1.165, 1.54) is 6.20 Å². The number of benzene rings is 1. The minimum Gasteiger partial charge on any atom is -0.466 e. The van der Waals surface area contributed by atoms with Crippen LogP contribution in [-0.2, 0) is 14.3 Å². The van der Waals surface area contributed by atoms with E-state index < -0.39 is 30.1 Å². The third-order valence-electron chi connectivity index (χ3n) is 3.89. The summed E-state index contributed by atoms with van der Waals surface area (Å²) < 4.78 is 4.83. The summed E-state index contributed by atoms with van der Waals surface area (Å²) in [6, 6.07) is 8.79. The highest BCUT2D eigenvalue weighted by Gasteiger charge is 2.26. The van der Waals surface area contributed by atoms with Crippen molar-refractivity contribution < 1.29 is 19.1 Å². The van der Waals surface area contributed by atoms with E-state index in [4.69, 9.17) is 16.3 Å². The molecule has 0 aliphatic heterocycles. The van der Waals surface area contributed by atoms with E-state index in [0.717, 1.165) is 0 Å². The Balaban J connectivity index is 2.22. The highest BCUT2D eigenvalue weighted by atomic mass is 35.5. The summed E-state index contributed by atoms with van der Waals surface area (Å²) >= 11 is 5.90. The van der Waals surface area contributed by atoms with Crippen LogP contribution in [0.5, 0.6) is 0 Å². The number of halogens is 1. The number of carbonyl (C=O) groups is 3. The molecule has 148 valence electrons. The van der Waals surface area contributed by atoms with Gasteiger partial charge >= 0.3 is 5.97 Å². The van der Waals surface area contributed by atoms with E-state index in [2.05, 4.69) is 10.3 Å². The smallest absolute Gasteiger partial charge is 0.313 e. The summed E-state index contributed by atoms with van der Waals surface area (Å²) in [7, 11) is 3.68. The van der Waals surface area contributed by atoms with Gasteiger partial charge in [-0.1, -0.05) is 23.7 Å². The van der Waals surface area contributed by atoms with E-state index in [9.17, 15) is 14.4 Å². The van der Waals surface area contributed by atoms with Crippen LogP contribution < -0.4 is 10.2 Å². The second-order valence-electron chi connectivity index (χ2n) is 6.21. The number of anilines is 1. The van der Waals surface area contributed by atoms with Crippen molar-refractivity contribution in [3.63, 3.8) is 0 Å².